The van der Waals surface area contributed by atoms with Crippen molar-refractivity contribution in [2.45, 2.75) is 46.0 Å². The lowest BCUT2D eigenvalue weighted by molar-refractivity contribution is -0.132. The summed E-state index contributed by atoms with van der Waals surface area (Å²) in [7, 11) is -3.55. The van der Waals surface area contributed by atoms with Crippen molar-refractivity contribution < 1.29 is 22.2 Å². The SMILES string of the molecule is C[C@]12C=CC(=O)C=C1C(COS(C)(=O)=O)C[C@@H]1[C@@H]2CC[C@]2(C)C(=O)CC[C@@H]12. The van der Waals surface area contributed by atoms with Crippen molar-refractivity contribution in [2.24, 2.45) is 34.5 Å². The Morgan fingerprint density at radius 2 is 1.93 bits per heavy atom. The summed E-state index contributed by atoms with van der Waals surface area (Å²) < 4.78 is 28.3. The zero-order valence-corrected chi connectivity index (χ0v) is 17.1. The lowest BCUT2D eigenvalue weighted by atomic mass is 9.46. The number of fused-ring (bicyclic) bond motifs is 5. The van der Waals surface area contributed by atoms with Crippen LogP contribution in [0.5, 0.6) is 0 Å². The van der Waals surface area contributed by atoms with Crippen molar-refractivity contribution in [3.8, 4) is 0 Å². The van der Waals surface area contributed by atoms with E-state index in [1.165, 1.54) is 0 Å². The van der Waals surface area contributed by atoms with Crippen LogP contribution >= 0.6 is 0 Å². The minimum absolute atomic E-state index is 0.0398. The van der Waals surface area contributed by atoms with E-state index in [0.29, 0.717) is 30.0 Å². The Morgan fingerprint density at radius 1 is 1.19 bits per heavy atom. The second kappa shape index (κ2) is 6.11. The van der Waals surface area contributed by atoms with E-state index in [1.807, 2.05) is 6.08 Å². The first-order valence-corrected chi connectivity index (χ1v) is 11.7. The predicted octanol–water partition coefficient (Wildman–Crippen LogP) is 3.07. The fraction of sp³-hybridized carbons (Fsp3) is 0.714. The van der Waals surface area contributed by atoms with Crippen molar-refractivity contribution in [2.75, 3.05) is 12.9 Å². The Labute approximate surface area is 161 Å². The predicted molar refractivity (Wildman–Crippen MR) is 101 cm³/mol. The minimum atomic E-state index is -3.55. The van der Waals surface area contributed by atoms with Crippen LogP contribution in [0, 0.1) is 34.5 Å². The molecule has 1 unspecified atom stereocenters. The Hall–Kier alpha value is -1.27. The van der Waals surface area contributed by atoms with Gasteiger partial charge >= 0.3 is 0 Å². The molecule has 0 N–H and O–H groups in total. The zero-order valence-electron chi connectivity index (χ0n) is 16.2. The molecule has 0 spiro atoms. The van der Waals surface area contributed by atoms with Gasteiger partial charge in [-0.2, -0.15) is 8.42 Å². The van der Waals surface area contributed by atoms with Gasteiger partial charge in [-0.1, -0.05) is 25.5 Å². The van der Waals surface area contributed by atoms with Gasteiger partial charge in [-0.25, -0.2) is 0 Å². The maximum absolute atomic E-state index is 12.6. The quantitative estimate of drug-likeness (QED) is 0.690. The standard InChI is InChI=1S/C21H28O5S/c1-20-8-6-14(22)11-18(20)13(12-26-27(3,24)25)10-15-16-4-5-19(23)21(16,2)9-7-17(15)20/h6,8,11,13,15-17H,4-5,7,9-10,12H2,1-3H3/t13?,15-,16-,17-,20+,21-/m0/s1. The van der Waals surface area contributed by atoms with Gasteiger partial charge in [0, 0.05) is 23.2 Å². The van der Waals surface area contributed by atoms with Crippen LogP contribution in [0.3, 0.4) is 0 Å². The van der Waals surface area contributed by atoms with Gasteiger partial charge in [0.1, 0.15) is 5.78 Å². The highest BCUT2D eigenvalue weighted by Crippen LogP contribution is 2.64. The fourth-order valence-electron chi connectivity index (χ4n) is 6.55. The van der Waals surface area contributed by atoms with Crippen molar-refractivity contribution in [1.29, 1.82) is 0 Å². The molecule has 0 bridgehead atoms. The van der Waals surface area contributed by atoms with E-state index in [2.05, 4.69) is 13.8 Å². The summed E-state index contributed by atoms with van der Waals surface area (Å²) in [4.78, 5) is 24.7. The topological polar surface area (TPSA) is 77.5 Å². The molecule has 6 heteroatoms. The first kappa shape index (κ1) is 19.1. The lowest BCUT2D eigenvalue weighted by Gasteiger charge is -2.57. The molecule has 5 nitrogen and oxygen atoms in total. The van der Waals surface area contributed by atoms with Gasteiger partial charge in [0.15, 0.2) is 5.78 Å². The molecule has 3 fully saturated rings. The fourth-order valence-corrected chi connectivity index (χ4v) is 6.97. The number of allylic oxidation sites excluding steroid dienone is 3. The van der Waals surface area contributed by atoms with Gasteiger partial charge in [0.05, 0.1) is 12.9 Å². The summed E-state index contributed by atoms with van der Waals surface area (Å²) in [5.41, 5.74) is 0.498. The molecule has 4 aliphatic rings. The maximum Gasteiger partial charge on any atom is 0.264 e. The molecule has 0 saturated heterocycles. The molecule has 27 heavy (non-hydrogen) atoms. The second-order valence-corrected chi connectivity index (χ2v) is 11.0. The van der Waals surface area contributed by atoms with Gasteiger partial charge in [0.25, 0.3) is 10.1 Å². The first-order valence-electron chi connectivity index (χ1n) is 9.87. The van der Waals surface area contributed by atoms with Crippen LogP contribution in [0.1, 0.15) is 46.0 Å². The highest BCUT2D eigenvalue weighted by atomic mass is 32.2. The highest BCUT2D eigenvalue weighted by Gasteiger charge is 2.60. The van der Waals surface area contributed by atoms with Crippen molar-refractivity contribution in [3.05, 3.63) is 23.8 Å². The van der Waals surface area contributed by atoms with Crippen LogP contribution in [0.25, 0.3) is 0 Å². The van der Waals surface area contributed by atoms with Crippen LogP contribution in [0.2, 0.25) is 0 Å². The molecule has 0 aromatic rings. The molecular weight excluding hydrogens is 364 g/mol. The van der Waals surface area contributed by atoms with Gasteiger partial charge in [-0.05, 0) is 55.6 Å². The molecular formula is C21H28O5S. The minimum Gasteiger partial charge on any atom is -0.299 e. The number of rotatable bonds is 3. The molecule has 0 radical (unpaired) electrons. The molecule has 148 valence electrons. The van der Waals surface area contributed by atoms with Crippen LogP contribution in [-0.2, 0) is 23.9 Å². The third-order valence-corrected chi connectivity index (χ3v) is 8.47. The lowest BCUT2D eigenvalue weighted by Crippen LogP contribution is -2.52. The molecule has 0 aliphatic heterocycles. The largest absolute Gasteiger partial charge is 0.299 e. The van der Waals surface area contributed by atoms with Gasteiger partial charge < -0.3 is 0 Å². The van der Waals surface area contributed by atoms with Crippen molar-refractivity contribution in [1.82, 2.24) is 0 Å². The Bertz CT molecular complexity index is 854. The molecule has 0 heterocycles. The number of ketones is 2. The van der Waals surface area contributed by atoms with Crippen LogP contribution in [0.15, 0.2) is 23.8 Å². The summed E-state index contributed by atoms with van der Waals surface area (Å²) in [5.74, 6) is 1.31. The van der Waals surface area contributed by atoms with Gasteiger partial charge in [-0.3, -0.25) is 13.8 Å². The summed E-state index contributed by atoms with van der Waals surface area (Å²) in [6.45, 7) is 4.37. The molecule has 4 aliphatic carbocycles. The monoisotopic (exact) mass is 392 g/mol. The number of hydrogen-bond acceptors (Lipinski definition) is 5. The van der Waals surface area contributed by atoms with E-state index < -0.39 is 10.1 Å². The molecule has 6 atom stereocenters. The summed E-state index contributed by atoms with van der Waals surface area (Å²) in [6, 6.07) is 0. The smallest absolute Gasteiger partial charge is 0.264 e. The van der Waals surface area contributed by atoms with Crippen molar-refractivity contribution >= 4 is 21.7 Å². The van der Waals surface area contributed by atoms with E-state index in [4.69, 9.17) is 4.18 Å². The van der Waals surface area contributed by atoms with E-state index in [0.717, 1.165) is 37.5 Å². The summed E-state index contributed by atoms with van der Waals surface area (Å²) in [5, 5.41) is 0. The summed E-state index contributed by atoms with van der Waals surface area (Å²) >= 11 is 0. The van der Waals surface area contributed by atoms with Gasteiger partial charge in [-0.15, -0.1) is 0 Å². The molecule has 4 rings (SSSR count). The highest BCUT2D eigenvalue weighted by molar-refractivity contribution is 7.85. The summed E-state index contributed by atoms with van der Waals surface area (Å²) in [6.07, 6.45) is 10.7. The molecule has 0 amide bonds. The normalized spacial score (nSPS) is 43.7. The van der Waals surface area contributed by atoms with Crippen molar-refractivity contribution in [3.63, 3.8) is 0 Å². The Balaban J connectivity index is 1.72. The molecule has 3 saturated carbocycles. The molecule has 0 aromatic carbocycles. The maximum atomic E-state index is 12.6. The van der Waals surface area contributed by atoms with E-state index in [9.17, 15) is 18.0 Å². The number of hydrogen-bond donors (Lipinski definition) is 0. The van der Waals surface area contributed by atoms with Crippen LogP contribution in [0.4, 0.5) is 0 Å². The Morgan fingerprint density at radius 3 is 2.63 bits per heavy atom. The number of Topliss-reactive ketones (excluding diaryl/α,β-unsaturated/α-hetero) is 1. The van der Waals surface area contributed by atoms with Crippen LogP contribution in [-0.4, -0.2) is 32.8 Å². The second-order valence-electron chi connectivity index (χ2n) is 9.33. The van der Waals surface area contributed by atoms with Crippen LogP contribution < -0.4 is 0 Å². The van der Waals surface area contributed by atoms with E-state index in [1.54, 1.807) is 12.2 Å². The van der Waals surface area contributed by atoms with E-state index >= 15 is 0 Å². The third kappa shape index (κ3) is 2.96. The first-order chi connectivity index (χ1) is 12.5. The average molecular weight is 393 g/mol. The Kier molecular flexibility index (Phi) is 4.32. The third-order valence-electron chi connectivity index (χ3n) is 7.91. The zero-order chi connectivity index (χ0) is 19.6. The van der Waals surface area contributed by atoms with Gasteiger partial charge in [0.2, 0.25) is 0 Å². The number of carbonyl (C=O) groups excluding carboxylic acids is 2. The molecule has 0 aromatic heterocycles. The number of carbonyl (C=O) groups is 2. The van der Waals surface area contributed by atoms with E-state index in [-0.39, 0.29) is 29.1 Å². The average Bonchev–Trinajstić information content (AvgIpc) is 2.88.